The van der Waals surface area contributed by atoms with Gasteiger partial charge in [-0.05, 0) is 29.8 Å². The average Bonchev–Trinajstić information content (AvgIpc) is 3.04. The lowest BCUT2D eigenvalue weighted by molar-refractivity contribution is -0.137. The number of hydrogen-bond acceptors (Lipinski definition) is 4. The number of rotatable bonds is 3. The maximum absolute atomic E-state index is 12.7. The largest absolute Gasteiger partial charge is 0.417 e. The van der Waals surface area contributed by atoms with E-state index in [0.717, 1.165) is 12.1 Å². The Bertz CT molecular complexity index is 800. The number of alkyl halides is 3. The van der Waals surface area contributed by atoms with E-state index in [1.165, 1.54) is 12.1 Å². The lowest BCUT2D eigenvalue weighted by atomic mass is 10.1. The van der Waals surface area contributed by atoms with Crippen molar-refractivity contribution in [3.63, 3.8) is 0 Å². The third-order valence-electron chi connectivity index (χ3n) is 3.22. The number of aromatic nitrogens is 2. The normalized spacial score (nSPS) is 13.0. The van der Waals surface area contributed by atoms with Gasteiger partial charge in [0.15, 0.2) is 6.10 Å². The molecular formula is C16H11F3N2O2. The molecule has 0 unspecified atom stereocenters. The molecule has 0 fully saturated rings. The monoisotopic (exact) mass is 320 g/mol. The molecule has 4 nitrogen and oxygen atoms in total. The third kappa shape index (κ3) is 3.24. The van der Waals surface area contributed by atoms with Gasteiger partial charge >= 0.3 is 6.18 Å². The van der Waals surface area contributed by atoms with E-state index in [-0.39, 0.29) is 17.3 Å². The lowest BCUT2D eigenvalue weighted by Gasteiger charge is -2.10. The second kappa shape index (κ2) is 5.85. The van der Waals surface area contributed by atoms with Gasteiger partial charge in [0.1, 0.15) is 0 Å². The van der Waals surface area contributed by atoms with Crippen molar-refractivity contribution in [2.24, 2.45) is 0 Å². The molecule has 0 bridgehead atoms. The van der Waals surface area contributed by atoms with E-state index < -0.39 is 17.8 Å². The van der Waals surface area contributed by atoms with Crippen molar-refractivity contribution < 1.29 is 22.7 Å². The summed E-state index contributed by atoms with van der Waals surface area (Å²) in [4.78, 5) is 0. The minimum Gasteiger partial charge on any atom is -0.417 e. The van der Waals surface area contributed by atoms with Crippen LogP contribution in [0.3, 0.4) is 0 Å². The summed E-state index contributed by atoms with van der Waals surface area (Å²) < 4.78 is 43.5. The standard InChI is InChI=1S/C16H11F3N2O2/c17-16(18,19)12-8-4-7-11(9-12)13(22)15-21-20-14(23-15)10-5-2-1-3-6-10/h1-9,13,22H/t13-/m1/s1. The van der Waals surface area contributed by atoms with Gasteiger partial charge in [-0.25, -0.2) is 0 Å². The van der Waals surface area contributed by atoms with Crippen LogP contribution in [0.15, 0.2) is 59.0 Å². The highest BCUT2D eigenvalue weighted by Gasteiger charge is 2.31. The summed E-state index contributed by atoms with van der Waals surface area (Å²) in [6, 6.07) is 13.2. The zero-order chi connectivity index (χ0) is 16.4. The molecule has 0 saturated heterocycles. The van der Waals surface area contributed by atoms with Crippen LogP contribution in [0.1, 0.15) is 23.1 Å². The Hall–Kier alpha value is -2.67. The van der Waals surface area contributed by atoms with Gasteiger partial charge in [-0.15, -0.1) is 10.2 Å². The first-order valence-electron chi connectivity index (χ1n) is 6.69. The van der Waals surface area contributed by atoms with Crippen LogP contribution >= 0.6 is 0 Å². The number of benzene rings is 2. The van der Waals surface area contributed by atoms with E-state index in [4.69, 9.17) is 4.42 Å². The van der Waals surface area contributed by atoms with Crippen molar-refractivity contribution >= 4 is 0 Å². The number of aliphatic hydroxyl groups excluding tert-OH is 1. The van der Waals surface area contributed by atoms with Crippen LogP contribution in [0.25, 0.3) is 11.5 Å². The Kier molecular flexibility index (Phi) is 3.87. The van der Waals surface area contributed by atoms with Crippen LogP contribution in [-0.4, -0.2) is 15.3 Å². The molecular weight excluding hydrogens is 309 g/mol. The molecule has 1 atom stereocenters. The average molecular weight is 320 g/mol. The van der Waals surface area contributed by atoms with Crippen LogP contribution in [0.5, 0.6) is 0 Å². The summed E-state index contributed by atoms with van der Waals surface area (Å²) in [5.74, 6) is 0.0230. The van der Waals surface area contributed by atoms with Gasteiger partial charge in [0, 0.05) is 5.56 Å². The smallest absolute Gasteiger partial charge is 0.416 e. The second-order valence-electron chi connectivity index (χ2n) is 4.84. The van der Waals surface area contributed by atoms with E-state index in [0.29, 0.717) is 5.56 Å². The highest BCUT2D eigenvalue weighted by atomic mass is 19.4. The van der Waals surface area contributed by atoms with Crippen molar-refractivity contribution in [1.82, 2.24) is 10.2 Å². The molecule has 0 aliphatic carbocycles. The molecule has 3 rings (SSSR count). The molecule has 1 heterocycles. The molecule has 0 aliphatic rings. The molecule has 2 aromatic carbocycles. The second-order valence-corrected chi connectivity index (χ2v) is 4.84. The van der Waals surface area contributed by atoms with E-state index in [1.807, 2.05) is 6.07 Å². The van der Waals surface area contributed by atoms with Gasteiger partial charge in [-0.3, -0.25) is 0 Å². The van der Waals surface area contributed by atoms with Crippen molar-refractivity contribution in [2.75, 3.05) is 0 Å². The van der Waals surface area contributed by atoms with Gasteiger partial charge < -0.3 is 9.52 Å². The van der Waals surface area contributed by atoms with Gasteiger partial charge in [-0.2, -0.15) is 13.2 Å². The minimum absolute atomic E-state index is 0.0306. The van der Waals surface area contributed by atoms with Crippen molar-refractivity contribution in [1.29, 1.82) is 0 Å². The summed E-state index contributed by atoms with van der Waals surface area (Å²) >= 11 is 0. The molecule has 118 valence electrons. The van der Waals surface area contributed by atoms with Crippen LogP contribution in [0, 0.1) is 0 Å². The van der Waals surface area contributed by atoms with E-state index in [1.54, 1.807) is 24.3 Å². The predicted octanol–water partition coefficient (Wildman–Crippen LogP) is 3.84. The van der Waals surface area contributed by atoms with Crippen molar-refractivity contribution in [3.8, 4) is 11.5 Å². The van der Waals surface area contributed by atoms with Crippen LogP contribution < -0.4 is 0 Å². The van der Waals surface area contributed by atoms with Gasteiger partial charge in [0.05, 0.1) is 5.56 Å². The predicted molar refractivity (Wildman–Crippen MR) is 75.2 cm³/mol. The molecule has 1 aromatic heterocycles. The lowest BCUT2D eigenvalue weighted by Crippen LogP contribution is -2.07. The highest BCUT2D eigenvalue weighted by molar-refractivity contribution is 5.51. The fourth-order valence-corrected chi connectivity index (χ4v) is 2.07. The Labute approximate surface area is 129 Å². The highest BCUT2D eigenvalue weighted by Crippen LogP contribution is 2.32. The number of nitrogens with zero attached hydrogens (tertiary/aromatic N) is 2. The summed E-state index contributed by atoms with van der Waals surface area (Å²) in [6.45, 7) is 0. The van der Waals surface area contributed by atoms with Crippen LogP contribution in [0.4, 0.5) is 13.2 Å². The SMILES string of the molecule is O[C@H](c1cccc(C(F)(F)F)c1)c1nnc(-c2ccccc2)o1. The Morgan fingerprint density at radius 2 is 1.70 bits per heavy atom. The first kappa shape index (κ1) is 15.2. The summed E-state index contributed by atoms with van der Waals surface area (Å²) in [7, 11) is 0. The molecule has 23 heavy (non-hydrogen) atoms. The first-order chi connectivity index (χ1) is 10.9. The maximum Gasteiger partial charge on any atom is 0.416 e. The van der Waals surface area contributed by atoms with Crippen LogP contribution in [-0.2, 0) is 6.18 Å². The summed E-state index contributed by atoms with van der Waals surface area (Å²) in [5.41, 5.74) is -0.164. The minimum atomic E-state index is -4.49. The first-order valence-corrected chi connectivity index (χ1v) is 6.69. The van der Waals surface area contributed by atoms with E-state index in [9.17, 15) is 18.3 Å². The topological polar surface area (TPSA) is 59.2 Å². The Morgan fingerprint density at radius 3 is 2.39 bits per heavy atom. The number of aliphatic hydroxyl groups is 1. The molecule has 0 spiro atoms. The number of hydrogen-bond donors (Lipinski definition) is 1. The van der Waals surface area contributed by atoms with Gasteiger partial charge in [0.2, 0.25) is 11.8 Å². The van der Waals surface area contributed by atoms with E-state index in [2.05, 4.69) is 10.2 Å². The van der Waals surface area contributed by atoms with Crippen molar-refractivity contribution in [3.05, 3.63) is 71.6 Å². The molecule has 0 aliphatic heterocycles. The van der Waals surface area contributed by atoms with Crippen LogP contribution in [0.2, 0.25) is 0 Å². The maximum atomic E-state index is 12.7. The Morgan fingerprint density at radius 1 is 0.957 bits per heavy atom. The Balaban J connectivity index is 1.90. The number of halogens is 3. The summed E-state index contributed by atoms with van der Waals surface area (Å²) in [6.07, 6.45) is -5.91. The zero-order valence-electron chi connectivity index (χ0n) is 11.7. The molecule has 1 N–H and O–H groups in total. The fraction of sp³-hybridized carbons (Fsp3) is 0.125. The molecule has 0 amide bonds. The molecule has 0 saturated carbocycles. The molecule has 7 heteroatoms. The van der Waals surface area contributed by atoms with Gasteiger partial charge in [0.25, 0.3) is 0 Å². The third-order valence-corrected chi connectivity index (χ3v) is 3.22. The van der Waals surface area contributed by atoms with Gasteiger partial charge in [-0.1, -0.05) is 30.3 Å². The molecule has 0 radical (unpaired) electrons. The molecule has 3 aromatic rings. The fourth-order valence-electron chi connectivity index (χ4n) is 2.07. The zero-order valence-corrected chi connectivity index (χ0v) is 11.7. The quantitative estimate of drug-likeness (QED) is 0.796. The summed E-state index contributed by atoms with van der Waals surface area (Å²) in [5, 5.41) is 17.7. The van der Waals surface area contributed by atoms with E-state index >= 15 is 0 Å². The van der Waals surface area contributed by atoms with Crippen molar-refractivity contribution in [2.45, 2.75) is 12.3 Å².